The molecule has 2 N–H and O–H groups in total. The van der Waals surface area contributed by atoms with Crippen LogP contribution in [0, 0.1) is 5.82 Å². The molecule has 104 valence electrons. The summed E-state index contributed by atoms with van der Waals surface area (Å²) >= 11 is 0. The van der Waals surface area contributed by atoms with Crippen LogP contribution in [0.5, 0.6) is 0 Å². The minimum atomic E-state index is -4.68. The zero-order chi connectivity index (χ0) is 14.6. The number of rotatable bonds is 3. The molecule has 0 unspecified atom stereocenters. The van der Waals surface area contributed by atoms with Gasteiger partial charge in [-0.1, -0.05) is 0 Å². The van der Waals surface area contributed by atoms with Crippen molar-refractivity contribution in [3.8, 4) is 0 Å². The van der Waals surface area contributed by atoms with E-state index < -0.39 is 41.5 Å². The fourth-order valence-electron chi connectivity index (χ4n) is 1.22. The van der Waals surface area contributed by atoms with Gasteiger partial charge in [0.1, 0.15) is 5.82 Å². The number of halogens is 4. The molecule has 0 atom stereocenters. The average molecular weight is 278 g/mol. The van der Waals surface area contributed by atoms with Crippen LogP contribution in [0.2, 0.25) is 0 Å². The van der Waals surface area contributed by atoms with Gasteiger partial charge in [0.2, 0.25) is 5.91 Å². The van der Waals surface area contributed by atoms with Gasteiger partial charge in [-0.15, -0.1) is 0 Å². The largest absolute Gasteiger partial charge is 0.416 e. The molecule has 0 aliphatic carbocycles. The first kappa shape index (κ1) is 14.9. The highest BCUT2D eigenvalue weighted by Crippen LogP contribution is 2.30. The van der Waals surface area contributed by atoms with E-state index in [9.17, 15) is 27.2 Å². The third-order valence-electron chi connectivity index (χ3n) is 2.23. The molecule has 1 rings (SSSR count). The lowest BCUT2D eigenvalue weighted by Crippen LogP contribution is -2.35. The van der Waals surface area contributed by atoms with Crippen molar-refractivity contribution < 1.29 is 27.2 Å². The normalized spacial score (nSPS) is 11.0. The first-order valence-corrected chi connectivity index (χ1v) is 5.11. The van der Waals surface area contributed by atoms with Gasteiger partial charge in [-0.2, -0.15) is 13.2 Å². The van der Waals surface area contributed by atoms with E-state index in [2.05, 4.69) is 5.32 Å². The molecular formula is C11H10F4N2O2. The molecule has 0 heterocycles. The first-order valence-electron chi connectivity index (χ1n) is 5.11. The van der Waals surface area contributed by atoms with Crippen LogP contribution >= 0.6 is 0 Å². The molecule has 19 heavy (non-hydrogen) atoms. The molecule has 1 aromatic rings. The number of likely N-dealkylation sites (N-methyl/N-ethyl adjacent to an activating group) is 1. The number of carbonyl (C=O) groups is 2. The number of hydrogen-bond acceptors (Lipinski definition) is 2. The maximum Gasteiger partial charge on any atom is 0.416 e. The summed E-state index contributed by atoms with van der Waals surface area (Å²) < 4.78 is 50.5. The van der Waals surface area contributed by atoms with E-state index >= 15 is 0 Å². The summed E-state index contributed by atoms with van der Waals surface area (Å²) in [6.45, 7) is -0.453. The zero-order valence-electron chi connectivity index (χ0n) is 9.77. The van der Waals surface area contributed by atoms with Crippen LogP contribution in [0.1, 0.15) is 15.9 Å². The summed E-state index contributed by atoms with van der Waals surface area (Å²) in [6, 6.07) is 1.48. The van der Waals surface area contributed by atoms with Crippen molar-refractivity contribution in [3.05, 3.63) is 35.1 Å². The van der Waals surface area contributed by atoms with E-state index in [1.54, 1.807) is 0 Å². The van der Waals surface area contributed by atoms with Gasteiger partial charge >= 0.3 is 6.18 Å². The third kappa shape index (κ3) is 3.94. The van der Waals surface area contributed by atoms with Crippen LogP contribution < -0.4 is 10.6 Å². The summed E-state index contributed by atoms with van der Waals surface area (Å²) in [6.07, 6.45) is -4.68. The monoisotopic (exact) mass is 278 g/mol. The van der Waals surface area contributed by atoms with Crippen LogP contribution in [0.15, 0.2) is 18.2 Å². The molecule has 0 radical (unpaired) electrons. The van der Waals surface area contributed by atoms with Gasteiger partial charge < -0.3 is 10.6 Å². The molecule has 0 aromatic heterocycles. The second kappa shape index (κ2) is 5.68. The Kier molecular flexibility index (Phi) is 4.47. The summed E-state index contributed by atoms with van der Waals surface area (Å²) in [4.78, 5) is 22.3. The standard InChI is InChI=1S/C11H10F4N2O2/c1-16-9(18)5-17-10(19)7-4-6(11(13,14)15)2-3-8(7)12/h2-4H,5H2,1H3,(H,16,18)(H,17,19). The van der Waals surface area contributed by atoms with E-state index in [1.165, 1.54) is 7.05 Å². The van der Waals surface area contributed by atoms with Crippen LogP contribution in [0.25, 0.3) is 0 Å². The number of nitrogens with one attached hydrogen (secondary N) is 2. The van der Waals surface area contributed by atoms with Gasteiger partial charge in [0.25, 0.3) is 5.91 Å². The van der Waals surface area contributed by atoms with E-state index in [0.29, 0.717) is 18.2 Å². The predicted molar refractivity (Wildman–Crippen MR) is 57.8 cm³/mol. The first-order chi connectivity index (χ1) is 8.75. The smallest absolute Gasteiger partial charge is 0.358 e. The van der Waals surface area contributed by atoms with Crippen molar-refractivity contribution in [3.63, 3.8) is 0 Å². The number of alkyl halides is 3. The Morgan fingerprint density at radius 2 is 1.89 bits per heavy atom. The lowest BCUT2D eigenvalue weighted by molar-refractivity contribution is -0.137. The lowest BCUT2D eigenvalue weighted by Gasteiger charge is -2.10. The minimum Gasteiger partial charge on any atom is -0.358 e. The Hall–Kier alpha value is -2.12. The van der Waals surface area contributed by atoms with Crippen molar-refractivity contribution in [2.24, 2.45) is 0 Å². The second-order valence-corrected chi connectivity index (χ2v) is 3.55. The van der Waals surface area contributed by atoms with Crippen LogP contribution in [-0.4, -0.2) is 25.4 Å². The Balaban J connectivity index is 2.93. The Labute approximate surface area is 105 Å². The molecule has 0 spiro atoms. The van der Waals surface area contributed by atoms with Crippen molar-refractivity contribution >= 4 is 11.8 Å². The zero-order valence-corrected chi connectivity index (χ0v) is 9.77. The summed E-state index contributed by atoms with van der Waals surface area (Å²) in [5.41, 5.74) is -1.90. The highest BCUT2D eigenvalue weighted by Gasteiger charge is 2.31. The van der Waals surface area contributed by atoms with Crippen LogP contribution in [-0.2, 0) is 11.0 Å². The third-order valence-corrected chi connectivity index (χ3v) is 2.23. The maximum absolute atomic E-state index is 13.3. The Bertz CT molecular complexity index is 500. The van der Waals surface area contributed by atoms with E-state index in [-0.39, 0.29) is 0 Å². The topological polar surface area (TPSA) is 58.2 Å². The van der Waals surface area contributed by atoms with Crippen molar-refractivity contribution in [1.29, 1.82) is 0 Å². The van der Waals surface area contributed by atoms with E-state index in [4.69, 9.17) is 0 Å². The summed E-state index contributed by atoms with van der Waals surface area (Å²) in [5, 5.41) is 4.21. The molecule has 0 saturated carbocycles. The number of amides is 2. The SMILES string of the molecule is CNC(=O)CNC(=O)c1cc(C(F)(F)F)ccc1F. The summed E-state index contributed by atoms with van der Waals surface area (Å²) in [5.74, 6) is -2.74. The molecule has 1 aromatic carbocycles. The van der Waals surface area contributed by atoms with Gasteiger partial charge in [0.15, 0.2) is 0 Å². The molecule has 0 fully saturated rings. The molecule has 0 aliphatic rings. The van der Waals surface area contributed by atoms with E-state index in [0.717, 1.165) is 0 Å². The minimum absolute atomic E-state index is 0.397. The highest BCUT2D eigenvalue weighted by molar-refractivity contribution is 5.96. The van der Waals surface area contributed by atoms with Gasteiger partial charge in [0.05, 0.1) is 17.7 Å². The quantitative estimate of drug-likeness (QED) is 0.819. The molecule has 8 heteroatoms. The maximum atomic E-state index is 13.3. The van der Waals surface area contributed by atoms with Gasteiger partial charge in [-0.3, -0.25) is 9.59 Å². The van der Waals surface area contributed by atoms with Crippen molar-refractivity contribution in [1.82, 2.24) is 10.6 Å². The fraction of sp³-hybridized carbons (Fsp3) is 0.273. The highest BCUT2D eigenvalue weighted by atomic mass is 19.4. The van der Waals surface area contributed by atoms with Crippen molar-refractivity contribution in [2.75, 3.05) is 13.6 Å². The molecule has 4 nitrogen and oxygen atoms in total. The molecule has 0 saturated heterocycles. The molecule has 0 bridgehead atoms. The fourth-order valence-corrected chi connectivity index (χ4v) is 1.22. The Morgan fingerprint density at radius 1 is 1.26 bits per heavy atom. The van der Waals surface area contributed by atoms with Gasteiger partial charge in [0, 0.05) is 7.05 Å². The van der Waals surface area contributed by atoms with Crippen LogP contribution in [0.4, 0.5) is 17.6 Å². The predicted octanol–water partition coefficient (Wildman–Crippen LogP) is 1.32. The summed E-state index contributed by atoms with van der Waals surface area (Å²) in [7, 11) is 1.32. The lowest BCUT2D eigenvalue weighted by atomic mass is 10.1. The molecular weight excluding hydrogens is 268 g/mol. The average Bonchev–Trinajstić information content (AvgIpc) is 2.34. The molecule has 0 aliphatic heterocycles. The van der Waals surface area contributed by atoms with Crippen LogP contribution in [0.3, 0.4) is 0 Å². The van der Waals surface area contributed by atoms with E-state index in [1.807, 2.05) is 5.32 Å². The van der Waals surface area contributed by atoms with Gasteiger partial charge in [-0.25, -0.2) is 4.39 Å². The van der Waals surface area contributed by atoms with Gasteiger partial charge in [-0.05, 0) is 18.2 Å². The second-order valence-electron chi connectivity index (χ2n) is 3.55. The van der Waals surface area contributed by atoms with Crippen molar-refractivity contribution in [2.45, 2.75) is 6.18 Å². The number of benzene rings is 1. The number of carbonyl (C=O) groups excluding carboxylic acids is 2. The number of hydrogen-bond donors (Lipinski definition) is 2. The Morgan fingerprint density at radius 3 is 2.42 bits per heavy atom. The molecule has 2 amide bonds.